The first kappa shape index (κ1) is 21.2. The maximum atomic E-state index is 6.08. The van der Waals surface area contributed by atoms with Crippen LogP contribution in [0.3, 0.4) is 0 Å². The van der Waals surface area contributed by atoms with E-state index in [-0.39, 0.29) is 29.4 Å². The van der Waals surface area contributed by atoms with Crippen LogP contribution in [0.1, 0.15) is 45.7 Å². The summed E-state index contributed by atoms with van der Waals surface area (Å²) in [5, 5.41) is 3.41. The molecule has 1 fully saturated rings. The number of pyridine rings is 1. The molecule has 1 aromatic rings. The predicted octanol–water partition coefficient (Wildman–Crippen LogP) is 3.13. The fourth-order valence-electron chi connectivity index (χ4n) is 3.64. The molecule has 5 nitrogen and oxygen atoms in total. The number of nitrogens with zero attached hydrogens (tertiary/aromatic N) is 2. The van der Waals surface area contributed by atoms with Gasteiger partial charge in [0.2, 0.25) is 0 Å². The van der Waals surface area contributed by atoms with Gasteiger partial charge in [-0.2, -0.15) is 0 Å². The smallest absolute Gasteiger partial charge is 0.188 e. The van der Waals surface area contributed by atoms with Gasteiger partial charge in [0.05, 0.1) is 6.10 Å². The molecule has 1 aliphatic carbocycles. The zero-order chi connectivity index (χ0) is 16.7. The Morgan fingerprint density at radius 3 is 2.71 bits per heavy atom. The highest BCUT2D eigenvalue weighted by Crippen LogP contribution is 2.48. The van der Waals surface area contributed by atoms with Crippen LogP contribution < -0.4 is 11.1 Å². The lowest BCUT2D eigenvalue weighted by atomic mass is 9.58. The van der Waals surface area contributed by atoms with Crippen molar-refractivity contribution in [3.63, 3.8) is 0 Å². The Labute approximate surface area is 162 Å². The van der Waals surface area contributed by atoms with E-state index >= 15 is 0 Å². The van der Waals surface area contributed by atoms with Crippen molar-refractivity contribution in [3.05, 3.63) is 30.1 Å². The minimum absolute atomic E-state index is 0. The van der Waals surface area contributed by atoms with Gasteiger partial charge in [0.25, 0.3) is 0 Å². The molecule has 136 valence electrons. The summed E-state index contributed by atoms with van der Waals surface area (Å²) in [6, 6.07) is 6.28. The number of aromatic nitrogens is 1. The summed E-state index contributed by atoms with van der Waals surface area (Å²) in [7, 11) is 0. The fourth-order valence-corrected chi connectivity index (χ4v) is 3.64. The van der Waals surface area contributed by atoms with Crippen LogP contribution in [-0.2, 0) is 11.2 Å². The molecule has 0 spiro atoms. The first-order valence-corrected chi connectivity index (χ1v) is 8.74. The zero-order valence-corrected chi connectivity index (χ0v) is 17.3. The highest BCUT2D eigenvalue weighted by Gasteiger charge is 2.53. The van der Waals surface area contributed by atoms with Gasteiger partial charge < -0.3 is 15.8 Å². The van der Waals surface area contributed by atoms with E-state index in [2.05, 4.69) is 36.1 Å². The second kappa shape index (κ2) is 10.2. The molecule has 3 N–H and O–H groups in total. The Morgan fingerprint density at radius 2 is 2.12 bits per heavy atom. The molecule has 0 aliphatic heterocycles. The molecular formula is C18H31IN4O. The monoisotopic (exact) mass is 446 g/mol. The molecule has 0 aromatic carbocycles. The van der Waals surface area contributed by atoms with Gasteiger partial charge in [-0.1, -0.05) is 19.9 Å². The summed E-state index contributed by atoms with van der Waals surface area (Å²) in [6.07, 6.45) is 6.13. The van der Waals surface area contributed by atoms with Crippen molar-refractivity contribution in [1.29, 1.82) is 0 Å². The largest absolute Gasteiger partial charge is 0.378 e. The molecule has 2 atom stereocenters. The van der Waals surface area contributed by atoms with E-state index in [0.717, 1.165) is 38.0 Å². The van der Waals surface area contributed by atoms with Crippen LogP contribution in [0.4, 0.5) is 0 Å². The number of ether oxygens (including phenoxy) is 1. The second-order valence-electron chi connectivity index (χ2n) is 6.15. The van der Waals surface area contributed by atoms with Gasteiger partial charge in [0.1, 0.15) is 0 Å². The molecule has 0 radical (unpaired) electrons. The average Bonchev–Trinajstić information content (AvgIpc) is 2.56. The Kier molecular flexibility index (Phi) is 8.97. The Balaban J connectivity index is 0.00000288. The number of nitrogens with one attached hydrogen (secondary N) is 1. The molecule has 0 saturated heterocycles. The molecule has 0 bridgehead atoms. The van der Waals surface area contributed by atoms with Gasteiger partial charge in [-0.15, -0.1) is 24.0 Å². The molecule has 1 aliphatic rings. The lowest BCUT2D eigenvalue weighted by Gasteiger charge is -2.55. The number of nitrogens with two attached hydrogens (primary N) is 1. The van der Waals surface area contributed by atoms with E-state index in [1.54, 1.807) is 6.20 Å². The van der Waals surface area contributed by atoms with Gasteiger partial charge in [0, 0.05) is 42.9 Å². The third-order valence-electron chi connectivity index (χ3n) is 5.17. The number of hydrogen-bond acceptors (Lipinski definition) is 3. The highest BCUT2D eigenvalue weighted by atomic mass is 127. The first-order chi connectivity index (χ1) is 11.2. The third-order valence-corrected chi connectivity index (χ3v) is 5.17. The SMILES string of the molecule is CCOC1CC(NC(N)=NCCc2ccccn2)C1(CC)CC.I. The van der Waals surface area contributed by atoms with Crippen molar-refractivity contribution in [3.8, 4) is 0 Å². The summed E-state index contributed by atoms with van der Waals surface area (Å²) in [4.78, 5) is 8.75. The van der Waals surface area contributed by atoms with Crippen LogP contribution in [0.25, 0.3) is 0 Å². The van der Waals surface area contributed by atoms with E-state index in [0.29, 0.717) is 24.7 Å². The Hall–Kier alpha value is -0.890. The summed E-state index contributed by atoms with van der Waals surface area (Å²) in [5.74, 6) is 0.534. The van der Waals surface area contributed by atoms with Crippen molar-refractivity contribution in [2.45, 2.75) is 58.6 Å². The summed E-state index contributed by atoms with van der Waals surface area (Å²) >= 11 is 0. The van der Waals surface area contributed by atoms with Crippen molar-refractivity contribution in [2.24, 2.45) is 16.1 Å². The maximum Gasteiger partial charge on any atom is 0.188 e. The number of halogens is 1. The zero-order valence-electron chi connectivity index (χ0n) is 15.0. The maximum absolute atomic E-state index is 6.08. The quantitative estimate of drug-likeness (QED) is 0.366. The molecule has 2 unspecified atom stereocenters. The van der Waals surface area contributed by atoms with E-state index in [9.17, 15) is 0 Å². The summed E-state index contributed by atoms with van der Waals surface area (Å²) in [5.41, 5.74) is 7.30. The molecule has 2 rings (SSSR count). The first-order valence-electron chi connectivity index (χ1n) is 8.74. The van der Waals surface area contributed by atoms with Crippen LogP contribution in [0, 0.1) is 5.41 Å². The molecule has 6 heteroatoms. The van der Waals surface area contributed by atoms with E-state index < -0.39 is 0 Å². The normalized spacial score (nSPS) is 22.4. The third kappa shape index (κ3) is 4.81. The molecule has 1 saturated carbocycles. The Bertz CT molecular complexity index is 505. The van der Waals surface area contributed by atoms with E-state index in [1.807, 2.05) is 18.2 Å². The lowest BCUT2D eigenvalue weighted by Crippen LogP contribution is -2.65. The summed E-state index contributed by atoms with van der Waals surface area (Å²) < 4.78 is 5.90. The van der Waals surface area contributed by atoms with E-state index in [1.165, 1.54) is 0 Å². The van der Waals surface area contributed by atoms with Crippen molar-refractivity contribution < 1.29 is 4.74 Å². The number of rotatable bonds is 8. The number of hydrogen-bond donors (Lipinski definition) is 2. The average molecular weight is 446 g/mol. The number of guanidine groups is 1. The number of aliphatic imine (C=N–C) groups is 1. The van der Waals surface area contributed by atoms with Gasteiger partial charge in [-0.25, -0.2) is 0 Å². The molecular weight excluding hydrogens is 415 g/mol. The van der Waals surface area contributed by atoms with Crippen LogP contribution in [0.2, 0.25) is 0 Å². The van der Waals surface area contributed by atoms with Gasteiger partial charge in [-0.3, -0.25) is 9.98 Å². The van der Waals surface area contributed by atoms with Crippen LogP contribution in [0.5, 0.6) is 0 Å². The molecule has 0 amide bonds. The molecule has 24 heavy (non-hydrogen) atoms. The highest BCUT2D eigenvalue weighted by molar-refractivity contribution is 14.0. The molecule has 1 aromatic heterocycles. The summed E-state index contributed by atoms with van der Waals surface area (Å²) in [6.45, 7) is 7.95. The topological polar surface area (TPSA) is 72.5 Å². The van der Waals surface area contributed by atoms with Crippen LogP contribution in [0.15, 0.2) is 29.4 Å². The second-order valence-corrected chi connectivity index (χ2v) is 6.15. The van der Waals surface area contributed by atoms with Crippen LogP contribution >= 0.6 is 24.0 Å². The Morgan fingerprint density at radius 1 is 1.38 bits per heavy atom. The standard InChI is InChI=1S/C18H30N4O.HI/c1-4-18(5-2)15(13-16(18)23-6-3)22-17(19)21-12-10-14-9-7-8-11-20-14;/h7-9,11,15-16H,4-6,10,12-13H2,1-3H3,(H3,19,21,22);1H. The minimum atomic E-state index is 0. The molecule has 1 heterocycles. The van der Waals surface area contributed by atoms with Gasteiger partial charge in [-0.05, 0) is 38.3 Å². The fraction of sp³-hybridized carbons (Fsp3) is 0.667. The minimum Gasteiger partial charge on any atom is -0.378 e. The van der Waals surface area contributed by atoms with E-state index in [4.69, 9.17) is 10.5 Å². The van der Waals surface area contributed by atoms with Gasteiger partial charge >= 0.3 is 0 Å². The van der Waals surface area contributed by atoms with Crippen molar-refractivity contribution in [1.82, 2.24) is 10.3 Å². The lowest BCUT2D eigenvalue weighted by molar-refractivity contribution is -0.133. The van der Waals surface area contributed by atoms with Crippen LogP contribution in [-0.4, -0.2) is 36.2 Å². The van der Waals surface area contributed by atoms with Crippen molar-refractivity contribution in [2.75, 3.05) is 13.2 Å². The van der Waals surface area contributed by atoms with Gasteiger partial charge in [0.15, 0.2) is 5.96 Å². The van der Waals surface area contributed by atoms with Crippen molar-refractivity contribution >= 4 is 29.9 Å². The predicted molar refractivity (Wildman–Crippen MR) is 110 cm³/mol.